The SMILES string of the molecule is CCCNC(=O)CNCC1CC2CCC1C2. The number of nitrogens with one attached hydrogen (secondary N) is 2. The maximum atomic E-state index is 11.4. The summed E-state index contributed by atoms with van der Waals surface area (Å²) in [5, 5.41) is 6.20. The van der Waals surface area contributed by atoms with Crippen molar-refractivity contribution in [1.82, 2.24) is 10.6 Å². The third-order valence-corrected chi connectivity index (χ3v) is 4.15. The highest BCUT2D eigenvalue weighted by atomic mass is 16.1. The van der Waals surface area contributed by atoms with Gasteiger partial charge in [-0.25, -0.2) is 0 Å². The molecule has 0 saturated heterocycles. The van der Waals surface area contributed by atoms with Crippen LogP contribution in [0.15, 0.2) is 0 Å². The fraction of sp³-hybridized carbons (Fsp3) is 0.923. The van der Waals surface area contributed by atoms with Crippen LogP contribution in [0.5, 0.6) is 0 Å². The number of hydrogen-bond acceptors (Lipinski definition) is 2. The Morgan fingerprint density at radius 3 is 2.81 bits per heavy atom. The molecule has 0 aromatic heterocycles. The number of fused-ring (bicyclic) bond motifs is 2. The van der Waals surface area contributed by atoms with Crippen LogP contribution < -0.4 is 10.6 Å². The molecule has 0 aromatic rings. The van der Waals surface area contributed by atoms with E-state index < -0.39 is 0 Å². The zero-order valence-corrected chi connectivity index (χ0v) is 10.3. The maximum Gasteiger partial charge on any atom is 0.233 e. The Morgan fingerprint density at radius 1 is 1.31 bits per heavy atom. The van der Waals surface area contributed by atoms with Gasteiger partial charge in [0.15, 0.2) is 0 Å². The Balaban J connectivity index is 1.56. The molecule has 0 spiro atoms. The summed E-state index contributed by atoms with van der Waals surface area (Å²) in [4.78, 5) is 11.4. The lowest BCUT2D eigenvalue weighted by atomic mass is 9.89. The molecule has 0 aromatic carbocycles. The van der Waals surface area contributed by atoms with Gasteiger partial charge in [0.05, 0.1) is 6.54 Å². The predicted octanol–water partition coefficient (Wildman–Crippen LogP) is 1.54. The minimum absolute atomic E-state index is 0.144. The van der Waals surface area contributed by atoms with E-state index in [2.05, 4.69) is 17.6 Å². The summed E-state index contributed by atoms with van der Waals surface area (Å²) in [5.41, 5.74) is 0. The monoisotopic (exact) mass is 224 g/mol. The van der Waals surface area contributed by atoms with Gasteiger partial charge in [0.1, 0.15) is 0 Å². The number of rotatable bonds is 6. The summed E-state index contributed by atoms with van der Waals surface area (Å²) in [5.74, 6) is 2.95. The fourth-order valence-corrected chi connectivity index (χ4v) is 3.32. The van der Waals surface area contributed by atoms with Crippen LogP contribution in [0.2, 0.25) is 0 Å². The zero-order chi connectivity index (χ0) is 11.4. The van der Waals surface area contributed by atoms with Gasteiger partial charge >= 0.3 is 0 Å². The normalized spacial score (nSPS) is 31.9. The first-order valence-electron chi connectivity index (χ1n) is 6.77. The Labute approximate surface area is 98.4 Å². The first-order valence-corrected chi connectivity index (χ1v) is 6.77. The van der Waals surface area contributed by atoms with Gasteiger partial charge in [0.25, 0.3) is 0 Å². The second kappa shape index (κ2) is 5.67. The highest BCUT2D eigenvalue weighted by molar-refractivity contribution is 5.77. The van der Waals surface area contributed by atoms with Crippen LogP contribution in [0, 0.1) is 17.8 Å². The van der Waals surface area contributed by atoms with E-state index in [-0.39, 0.29) is 5.91 Å². The van der Waals surface area contributed by atoms with E-state index in [0.29, 0.717) is 6.54 Å². The first-order chi connectivity index (χ1) is 7.79. The van der Waals surface area contributed by atoms with Gasteiger partial charge in [-0.2, -0.15) is 0 Å². The van der Waals surface area contributed by atoms with Crippen molar-refractivity contribution in [2.45, 2.75) is 39.0 Å². The number of carbonyl (C=O) groups is 1. The minimum atomic E-state index is 0.144. The van der Waals surface area contributed by atoms with Crippen LogP contribution >= 0.6 is 0 Å². The molecule has 2 rings (SSSR count). The number of hydrogen-bond donors (Lipinski definition) is 2. The van der Waals surface area contributed by atoms with Gasteiger partial charge in [0, 0.05) is 6.54 Å². The van der Waals surface area contributed by atoms with Gasteiger partial charge in [-0.1, -0.05) is 13.3 Å². The van der Waals surface area contributed by atoms with Crippen LogP contribution in [0.1, 0.15) is 39.0 Å². The second-order valence-corrected chi connectivity index (χ2v) is 5.42. The molecule has 0 heterocycles. The van der Waals surface area contributed by atoms with Gasteiger partial charge < -0.3 is 10.6 Å². The summed E-state index contributed by atoms with van der Waals surface area (Å²) in [7, 11) is 0. The van der Waals surface area contributed by atoms with Crippen molar-refractivity contribution in [3.05, 3.63) is 0 Å². The highest BCUT2D eigenvalue weighted by Gasteiger charge is 2.38. The summed E-state index contributed by atoms with van der Waals surface area (Å²) in [6.45, 7) is 4.41. The second-order valence-electron chi connectivity index (χ2n) is 5.42. The lowest BCUT2D eigenvalue weighted by molar-refractivity contribution is -0.120. The molecule has 92 valence electrons. The van der Waals surface area contributed by atoms with Gasteiger partial charge in [-0.15, -0.1) is 0 Å². The molecule has 3 unspecified atom stereocenters. The Hall–Kier alpha value is -0.570. The lowest BCUT2D eigenvalue weighted by Gasteiger charge is -2.21. The van der Waals surface area contributed by atoms with Crippen LogP contribution in [-0.2, 0) is 4.79 Å². The third kappa shape index (κ3) is 2.97. The smallest absolute Gasteiger partial charge is 0.233 e. The third-order valence-electron chi connectivity index (χ3n) is 4.15. The van der Waals surface area contributed by atoms with Crippen molar-refractivity contribution < 1.29 is 4.79 Å². The van der Waals surface area contributed by atoms with E-state index in [9.17, 15) is 4.79 Å². The molecule has 2 bridgehead atoms. The molecule has 2 saturated carbocycles. The van der Waals surface area contributed by atoms with Gasteiger partial charge in [-0.05, 0) is 50.0 Å². The van der Waals surface area contributed by atoms with Gasteiger partial charge in [-0.3, -0.25) is 4.79 Å². The molecule has 0 aliphatic heterocycles. The molecular formula is C13H24N2O. The van der Waals surface area contributed by atoms with Crippen LogP contribution in [0.25, 0.3) is 0 Å². The Morgan fingerprint density at radius 2 is 2.19 bits per heavy atom. The lowest BCUT2D eigenvalue weighted by Crippen LogP contribution is -2.37. The molecule has 3 nitrogen and oxygen atoms in total. The van der Waals surface area contributed by atoms with Crippen molar-refractivity contribution in [1.29, 1.82) is 0 Å². The standard InChI is InChI=1S/C13H24N2O/c1-2-5-15-13(16)9-14-8-12-7-10-3-4-11(12)6-10/h10-12,14H,2-9H2,1H3,(H,15,16). The molecule has 2 N–H and O–H groups in total. The van der Waals surface area contributed by atoms with E-state index >= 15 is 0 Å². The van der Waals surface area contributed by atoms with Crippen molar-refractivity contribution in [3.8, 4) is 0 Å². The average molecular weight is 224 g/mol. The molecule has 0 radical (unpaired) electrons. The first kappa shape index (κ1) is 11.9. The van der Waals surface area contributed by atoms with Crippen molar-refractivity contribution in [3.63, 3.8) is 0 Å². The molecule has 3 heteroatoms. The summed E-state index contributed by atoms with van der Waals surface area (Å²) in [6, 6.07) is 0. The Bertz CT molecular complexity index is 242. The van der Waals surface area contributed by atoms with E-state index in [1.54, 1.807) is 0 Å². The van der Waals surface area contributed by atoms with E-state index in [4.69, 9.17) is 0 Å². The van der Waals surface area contributed by atoms with Crippen molar-refractivity contribution in [2.24, 2.45) is 17.8 Å². The summed E-state index contributed by atoms with van der Waals surface area (Å²) >= 11 is 0. The predicted molar refractivity (Wildman–Crippen MR) is 65.1 cm³/mol. The molecule has 3 atom stereocenters. The maximum absolute atomic E-state index is 11.4. The number of amides is 1. The quantitative estimate of drug-likeness (QED) is 0.718. The van der Waals surface area contributed by atoms with Gasteiger partial charge in [0.2, 0.25) is 5.91 Å². The fourth-order valence-electron chi connectivity index (χ4n) is 3.32. The van der Waals surface area contributed by atoms with E-state index in [1.165, 1.54) is 25.7 Å². The topological polar surface area (TPSA) is 41.1 Å². The van der Waals surface area contributed by atoms with E-state index in [0.717, 1.165) is 37.3 Å². The zero-order valence-electron chi connectivity index (χ0n) is 10.3. The highest BCUT2D eigenvalue weighted by Crippen LogP contribution is 2.47. The van der Waals surface area contributed by atoms with Crippen LogP contribution in [0.4, 0.5) is 0 Å². The minimum Gasteiger partial charge on any atom is -0.355 e. The van der Waals surface area contributed by atoms with E-state index in [1.807, 2.05) is 0 Å². The number of carbonyl (C=O) groups excluding carboxylic acids is 1. The molecule has 1 amide bonds. The largest absolute Gasteiger partial charge is 0.355 e. The Kier molecular flexibility index (Phi) is 4.22. The molecule has 2 aliphatic rings. The molecular weight excluding hydrogens is 200 g/mol. The van der Waals surface area contributed by atoms with Crippen molar-refractivity contribution >= 4 is 5.91 Å². The molecule has 16 heavy (non-hydrogen) atoms. The molecule has 2 aliphatic carbocycles. The summed E-state index contributed by atoms with van der Waals surface area (Å²) in [6.07, 6.45) is 6.75. The van der Waals surface area contributed by atoms with Crippen LogP contribution in [-0.4, -0.2) is 25.5 Å². The van der Waals surface area contributed by atoms with Crippen molar-refractivity contribution in [2.75, 3.05) is 19.6 Å². The summed E-state index contributed by atoms with van der Waals surface area (Å²) < 4.78 is 0. The molecule has 2 fully saturated rings. The van der Waals surface area contributed by atoms with Crippen LogP contribution in [0.3, 0.4) is 0 Å². The average Bonchev–Trinajstić information content (AvgIpc) is 2.88.